The first-order valence-electron chi connectivity index (χ1n) is 5.00. The second-order valence-electron chi connectivity index (χ2n) is 3.53. The van der Waals surface area contributed by atoms with Gasteiger partial charge in [-0.25, -0.2) is 4.98 Å². The van der Waals surface area contributed by atoms with Crippen LogP contribution in [-0.2, 0) is 6.18 Å². The molecule has 3 nitrogen and oxygen atoms in total. The maximum absolute atomic E-state index is 12.5. The summed E-state index contributed by atoms with van der Waals surface area (Å²) in [4.78, 5) is 6.31. The predicted octanol–water partition coefficient (Wildman–Crippen LogP) is 5.25. The number of nitrogens with zero attached hydrogens (tertiary/aromatic N) is 2. The molecular weight excluding hydrogens is 339 g/mol. The van der Waals surface area contributed by atoms with Gasteiger partial charge in [0, 0.05) is 12.1 Å². The van der Waals surface area contributed by atoms with E-state index in [4.69, 9.17) is 39.5 Å². The molecule has 0 saturated carbocycles. The van der Waals surface area contributed by atoms with Gasteiger partial charge in [-0.15, -0.1) is 0 Å². The van der Waals surface area contributed by atoms with Crippen LogP contribution in [0.5, 0.6) is 11.6 Å². The Morgan fingerprint density at radius 1 is 0.950 bits per heavy atom. The summed E-state index contributed by atoms with van der Waals surface area (Å²) in [7, 11) is 0. The van der Waals surface area contributed by atoms with Gasteiger partial charge in [0.25, 0.3) is 0 Å². The molecule has 0 atom stereocenters. The van der Waals surface area contributed by atoms with Crippen LogP contribution in [0.4, 0.5) is 13.2 Å². The van der Waals surface area contributed by atoms with Crippen molar-refractivity contribution in [2.24, 2.45) is 0 Å². The number of aromatic nitrogens is 2. The third kappa shape index (κ3) is 3.65. The number of hydrogen-bond acceptors (Lipinski definition) is 3. The molecule has 0 bridgehead atoms. The molecule has 1 aromatic carbocycles. The SMILES string of the molecule is FC(F)(F)c1nc(Cl)cc(Oc2ccc(Cl)c(Cl)c2)n1. The van der Waals surface area contributed by atoms with Gasteiger partial charge in [-0.2, -0.15) is 18.2 Å². The van der Waals surface area contributed by atoms with Gasteiger partial charge >= 0.3 is 6.18 Å². The molecule has 0 unspecified atom stereocenters. The fraction of sp³-hybridized carbons (Fsp3) is 0.0909. The average molecular weight is 344 g/mol. The van der Waals surface area contributed by atoms with Gasteiger partial charge in [0.2, 0.25) is 11.7 Å². The molecule has 0 fully saturated rings. The molecule has 1 heterocycles. The first kappa shape index (κ1) is 15.2. The largest absolute Gasteiger partial charge is 0.451 e. The van der Waals surface area contributed by atoms with E-state index in [0.717, 1.165) is 6.07 Å². The Hall–Kier alpha value is -1.24. The van der Waals surface area contributed by atoms with Crippen molar-refractivity contribution >= 4 is 34.8 Å². The Morgan fingerprint density at radius 2 is 1.65 bits per heavy atom. The van der Waals surface area contributed by atoms with Crippen molar-refractivity contribution in [2.45, 2.75) is 6.18 Å². The van der Waals surface area contributed by atoms with Gasteiger partial charge in [0.1, 0.15) is 10.9 Å². The Labute approximate surface area is 126 Å². The smallest absolute Gasteiger partial charge is 0.439 e. The van der Waals surface area contributed by atoms with Crippen LogP contribution in [0, 0.1) is 0 Å². The molecule has 0 aliphatic carbocycles. The van der Waals surface area contributed by atoms with E-state index in [1.165, 1.54) is 18.2 Å². The predicted molar refractivity (Wildman–Crippen MR) is 68.6 cm³/mol. The summed E-state index contributed by atoms with van der Waals surface area (Å²) < 4.78 is 42.7. The van der Waals surface area contributed by atoms with Crippen LogP contribution in [0.2, 0.25) is 15.2 Å². The van der Waals surface area contributed by atoms with Crippen molar-refractivity contribution in [1.82, 2.24) is 9.97 Å². The zero-order valence-electron chi connectivity index (χ0n) is 9.38. The van der Waals surface area contributed by atoms with Crippen molar-refractivity contribution in [3.8, 4) is 11.6 Å². The second kappa shape index (κ2) is 5.63. The zero-order valence-corrected chi connectivity index (χ0v) is 11.6. The van der Waals surface area contributed by atoms with E-state index in [2.05, 4.69) is 9.97 Å². The van der Waals surface area contributed by atoms with Crippen molar-refractivity contribution in [3.05, 3.63) is 45.3 Å². The lowest BCUT2D eigenvalue weighted by molar-refractivity contribution is -0.145. The fourth-order valence-corrected chi connectivity index (χ4v) is 1.70. The average Bonchev–Trinajstić information content (AvgIpc) is 2.32. The minimum atomic E-state index is -4.72. The molecule has 0 saturated heterocycles. The molecule has 0 N–H and O–H groups in total. The van der Waals surface area contributed by atoms with Gasteiger partial charge in [-0.3, -0.25) is 0 Å². The number of halogens is 6. The maximum atomic E-state index is 12.5. The number of alkyl halides is 3. The van der Waals surface area contributed by atoms with Gasteiger partial charge in [0.05, 0.1) is 10.0 Å². The summed E-state index contributed by atoms with van der Waals surface area (Å²) in [5, 5.41) is 0.0958. The van der Waals surface area contributed by atoms with Crippen molar-refractivity contribution in [2.75, 3.05) is 0 Å². The molecule has 2 rings (SSSR count). The number of hydrogen-bond donors (Lipinski definition) is 0. The van der Waals surface area contributed by atoms with Crippen molar-refractivity contribution in [3.63, 3.8) is 0 Å². The lowest BCUT2D eigenvalue weighted by Crippen LogP contribution is -2.11. The zero-order chi connectivity index (χ0) is 14.9. The summed E-state index contributed by atoms with van der Waals surface area (Å²) in [6.45, 7) is 0. The molecule has 0 aliphatic heterocycles. The summed E-state index contributed by atoms with van der Waals surface area (Å²) in [5.74, 6) is -1.57. The van der Waals surface area contributed by atoms with E-state index in [1.54, 1.807) is 0 Å². The third-order valence-electron chi connectivity index (χ3n) is 2.04. The van der Waals surface area contributed by atoms with Crippen LogP contribution < -0.4 is 4.74 Å². The number of ether oxygens (including phenoxy) is 1. The van der Waals surface area contributed by atoms with Crippen LogP contribution in [-0.4, -0.2) is 9.97 Å². The molecule has 0 aliphatic rings. The molecule has 2 aromatic rings. The van der Waals surface area contributed by atoms with E-state index in [9.17, 15) is 13.2 Å². The third-order valence-corrected chi connectivity index (χ3v) is 2.97. The highest BCUT2D eigenvalue weighted by Gasteiger charge is 2.35. The molecule has 20 heavy (non-hydrogen) atoms. The van der Waals surface area contributed by atoms with E-state index in [1.807, 2.05) is 0 Å². The lowest BCUT2D eigenvalue weighted by Gasteiger charge is -2.09. The van der Waals surface area contributed by atoms with Crippen molar-refractivity contribution in [1.29, 1.82) is 0 Å². The lowest BCUT2D eigenvalue weighted by atomic mass is 10.3. The minimum absolute atomic E-state index is 0.169. The number of benzene rings is 1. The highest BCUT2D eigenvalue weighted by molar-refractivity contribution is 6.42. The van der Waals surface area contributed by atoms with Crippen LogP contribution in [0.15, 0.2) is 24.3 Å². The molecular formula is C11H4Cl3F3N2O. The standard InChI is InChI=1S/C11H4Cl3F3N2O/c12-6-2-1-5(3-7(6)13)20-9-4-8(14)18-10(19-9)11(15,16)17/h1-4H. The van der Waals surface area contributed by atoms with Gasteiger partial charge < -0.3 is 4.74 Å². The molecule has 0 amide bonds. The van der Waals surface area contributed by atoms with Crippen LogP contribution in [0.1, 0.15) is 5.82 Å². The Balaban J connectivity index is 2.33. The van der Waals surface area contributed by atoms with Crippen molar-refractivity contribution < 1.29 is 17.9 Å². The Bertz CT molecular complexity index is 649. The second-order valence-corrected chi connectivity index (χ2v) is 4.73. The molecule has 106 valence electrons. The van der Waals surface area contributed by atoms with Crippen LogP contribution in [0.3, 0.4) is 0 Å². The highest BCUT2D eigenvalue weighted by Crippen LogP contribution is 2.32. The van der Waals surface area contributed by atoms with E-state index < -0.39 is 12.0 Å². The normalized spacial score (nSPS) is 11.5. The van der Waals surface area contributed by atoms with Crippen LogP contribution >= 0.6 is 34.8 Å². The Kier molecular flexibility index (Phi) is 4.27. The molecule has 1 aromatic heterocycles. The molecule has 0 radical (unpaired) electrons. The summed E-state index contributed by atoms with van der Waals surface area (Å²) in [5.41, 5.74) is 0. The van der Waals surface area contributed by atoms with E-state index in [-0.39, 0.29) is 26.8 Å². The number of rotatable bonds is 2. The van der Waals surface area contributed by atoms with Gasteiger partial charge in [0.15, 0.2) is 0 Å². The minimum Gasteiger partial charge on any atom is -0.439 e. The molecule has 0 spiro atoms. The van der Waals surface area contributed by atoms with Gasteiger partial charge in [-0.05, 0) is 12.1 Å². The topological polar surface area (TPSA) is 35.0 Å². The fourth-order valence-electron chi connectivity index (χ4n) is 1.24. The highest BCUT2D eigenvalue weighted by atomic mass is 35.5. The Morgan fingerprint density at radius 3 is 2.25 bits per heavy atom. The monoisotopic (exact) mass is 342 g/mol. The molecule has 9 heteroatoms. The maximum Gasteiger partial charge on any atom is 0.451 e. The first-order chi connectivity index (χ1) is 9.25. The summed E-state index contributed by atoms with van der Waals surface area (Å²) >= 11 is 17.0. The van der Waals surface area contributed by atoms with E-state index in [0.29, 0.717) is 0 Å². The van der Waals surface area contributed by atoms with Crippen LogP contribution in [0.25, 0.3) is 0 Å². The van der Waals surface area contributed by atoms with Gasteiger partial charge in [-0.1, -0.05) is 34.8 Å². The first-order valence-corrected chi connectivity index (χ1v) is 6.14. The quantitative estimate of drug-likeness (QED) is 0.699. The van der Waals surface area contributed by atoms with E-state index >= 15 is 0 Å². The summed E-state index contributed by atoms with van der Waals surface area (Å²) in [6.07, 6.45) is -4.72. The summed E-state index contributed by atoms with van der Waals surface area (Å²) in [6, 6.07) is 5.26.